The predicted molar refractivity (Wildman–Crippen MR) is 100 cm³/mol. The highest BCUT2D eigenvalue weighted by molar-refractivity contribution is 6.04. The van der Waals surface area contributed by atoms with E-state index in [0.29, 0.717) is 11.3 Å². The number of anilines is 2. The van der Waals surface area contributed by atoms with Crippen molar-refractivity contribution in [1.82, 2.24) is 0 Å². The van der Waals surface area contributed by atoms with E-state index in [-0.39, 0.29) is 35.9 Å². The standard InChI is InChI=1S/C20H21FN2O4/c1-12(2)9-18(24)23-17-8-5-14(11-16(17)21)20(27)22-15-6-3-13(4-7-15)10-19(25)26/h3-8,11-12H,9-10H2,1-2H3,(H,22,27)(H,23,24)(H,25,26). The Kier molecular flexibility index (Phi) is 6.65. The van der Waals surface area contributed by atoms with Crippen LogP contribution in [-0.4, -0.2) is 22.9 Å². The van der Waals surface area contributed by atoms with Gasteiger partial charge in [-0.2, -0.15) is 0 Å². The summed E-state index contributed by atoms with van der Waals surface area (Å²) in [6.07, 6.45) is 0.170. The topological polar surface area (TPSA) is 95.5 Å². The molecular weight excluding hydrogens is 351 g/mol. The van der Waals surface area contributed by atoms with Gasteiger partial charge in [0.1, 0.15) is 5.82 Å². The van der Waals surface area contributed by atoms with E-state index in [9.17, 15) is 18.8 Å². The lowest BCUT2D eigenvalue weighted by atomic mass is 10.1. The quantitative estimate of drug-likeness (QED) is 0.691. The second kappa shape index (κ2) is 8.93. The van der Waals surface area contributed by atoms with Crippen molar-refractivity contribution in [2.75, 3.05) is 10.6 Å². The molecule has 7 heteroatoms. The summed E-state index contributed by atoms with van der Waals surface area (Å²) in [5.74, 6) is -2.29. The second-order valence-corrected chi connectivity index (χ2v) is 6.56. The van der Waals surface area contributed by atoms with E-state index in [2.05, 4.69) is 10.6 Å². The van der Waals surface area contributed by atoms with Crippen LogP contribution >= 0.6 is 0 Å². The molecule has 2 rings (SSSR count). The number of rotatable bonds is 7. The van der Waals surface area contributed by atoms with Crippen molar-refractivity contribution in [1.29, 1.82) is 0 Å². The number of benzene rings is 2. The lowest BCUT2D eigenvalue weighted by Gasteiger charge is -2.10. The van der Waals surface area contributed by atoms with Crippen LogP contribution in [-0.2, 0) is 16.0 Å². The third-order valence-corrected chi connectivity index (χ3v) is 3.67. The first-order chi connectivity index (χ1) is 12.7. The average Bonchev–Trinajstić information content (AvgIpc) is 2.57. The molecule has 27 heavy (non-hydrogen) atoms. The monoisotopic (exact) mass is 372 g/mol. The summed E-state index contributed by atoms with van der Waals surface area (Å²) in [5, 5.41) is 13.8. The molecular formula is C20H21FN2O4. The van der Waals surface area contributed by atoms with Gasteiger partial charge in [-0.1, -0.05) is 26.0 Å². The second-order valence-electron chi connectivity index (χ2n) is 6.56. The van der Waals surface area contributed by atoms with E-state index in [1.54, 1.807) is 24.3 Å². The highest BCUT2D eigenvalue weighted by Gasteiger charge is 2.13. The first-order valence-corrected chi connectivity index (χ1v) is 8.46. The van der Waals surface area contributed by atoms with Crippen molar-refractivity contribution in [3.05, 3.63) is 59.4 Å². The van der Waals surface area contributed by atoms with Crippen molar-refractivity contribution in [3.8, 4) is 0 Å². The van der Waals surface area contributed by atoms with Gasteiger partial charge >= 0.3 is 5.97 Å². The van der Waals surface area contributed by atoms with Gasteiger partial charge in [-0.05, 0) is 41.8 Å². The van der Waals surface area contributed by atoms with E-state index >= 15 is 0 Å². The van der Waals surface area contributed by atoms with Crippen molar-refractivity contribution in [2.45, 2.75) is 26.7 Å². The number of hydrogen-bond donors (Lipinski definition) is 3. The Morgan fingerprint density at radius 3 is 2.26 bits per heavy atom. The van der Waals surface area contributed by atoms with Crippen LogP contribution in [0.25, 0.3) is 0 Å². The normalized spacial score (nSPS) is 10.5. The zero-order chi connectivity index (χ0) is 20.0. The molecule has 0 aliphatic carbocycles. The summed E-state index contributed by atoms with van der Waals surface area (Å²) in [6.45, 7) is 3.77. The van der Waals surface area contributed by atoms with Gasteiger partial charge in [-0.25, -0.2) is 4.39 Å². The van der Waals surface area contributed by atoms with Gasteiger partial charge in [0.05, 0.1) is 12.1 Å². The number of aliphatic carboxylic acids is 1. The molecule has 0 aliphatic heterocycles. The van der Waals surface area contributed by atoms with Gasteiger partial charge in [0, 0.05) is 17.7 Å². The number of nitrogens with one attached hydrogen (secondary N) is 2. The van der Waals surface area contributed by atoms with E-state index in [0.717, 1.165) is 6.07 Å². The molecule has 0 fully saturated rings. The molecule has 0 unspecified atom stereocenters. The van der Waals surface area contributed by atoms with Gasteiger partial charge in [-0.3, -0.25) is 14.4 Å². The zero-order valence-electron chi connectivity index (χ0n) is 15.1. The van der Waals surface area contributed by atoms with Crippen LogP contribution in [0.1, 0.15) is 36.2 Å². The summed E-state index contributed by atoms with van der Waals surface area (Å²) < 4.78 is 14.2. The number of carboxylic acids is 1. The highest BCUT2D eigenvalue weighted by Crippen LogP contribution is 2.18. The van der Waals surface area contributed by atoms with Gasteiger partial charge < -0.3 is 15.7 Å². The van der Waals surface area contributed by atoms with Crippen LogP contribution in [0.3, 0.4) is 0 Å². The summed E-state index contributed by atoms with van der Waals surface area (Å²) in [7, 11) is 0. The number of carbonyl (C=O) groups excluding carboxylic acids is 2. The van der Waals surface area contributed by atoms with Crippen molar-refractivity contribution in [2.24, 2.45) is 5.92 Å². The fourth-order valence-electron chi connectivity index (χ4n) is 2.41. The maximum absolute atomic E-state index is 14.2. The van der Waals surface area contributed by atoms with Gasteiger partial charge in [0.25, 0.3) is 5.91 Å². The molecule has 2 aromatic rings. The number of hydrogen-bond acceptors (Lipinski definition) is 3. The van der Waals surface area contributed by atoms with Crippen molar-refractivity contribution >= 4 is 29.2 Å². The maximum Gasteiger partial charge on any atom is 0.307 e. The van der Waals surface area contributed by atoms with Gasteiger partial charge in [0.2, 0.25) is 5.91 Å². The molecule has 0 heterocycles. The molecule has 0 bridgehead atoms. The maximum atomic E-state index is 14.2. The van der Waals surface area contributed by atoms with Gasteiger partial charge in [-0.15, -0.1) is 0 Å². The fourth-order valence-corrected chi connectivity index (χ4v) is 2.41. The third-order valence-electron chi connectivity index (χ3n) is 3.67. The van der Waals surface area contributed by atoms with E-state index in [4.69, 9.17) is 5.11 Å². The Morgan fingerprint density at radius 2 is 1.70 bits per heavy atom. The van der Waals surface area contributed by atoms with Crippen LogP contribution in [0.5, 0.6) is 0 Å². The molecule has 2 amide bonds. The molecule has 6 nitrogen and oxygen atoms in total. The lowest BCUT2D eigenvalue weighted by molar-refractivity contribution is -0.136. The molecule has 0 aromatic heterocycles. The summed E-state index contributed by atoms with van der Waals surface area (Å²) in [4.78, 5) is 34.6. The smallest absolute Gasteiger partial charge is 0.307 e. The van der Waals surface area contributed by atoms with E-state index < -0.39 is 17.7 Å². The first kappa shape index (κ1) is 20.1. The highest BCUT2D eigenvalue weighted by atomic mass is 19.1. The van der Waals surface area contributed by atoms with Gasteiger partial charge in [0.15, 0.2) is 0 Å². The molecule has 2 aromatic carbocycles. The largest absolute Gasteiger partial charge is 0.481 e. The first-order valence-electron chi connectivity index (χ1n) is 8.46. The number of amides is 2. The fraction of sp³-hybridized carbons (Fsp3) is 0.250. The minimum Gasteiger partial charge on any atom is -0.481 e. The van der Waals surface area contributed by atoms with Crippen LogP contribution < -0.4 is 10.6 Å². The molecule has 3 N–H and O–H groups in total. The summed E-state index contributed by atoms with van der Waals surface area (Å²) >= 11 is 0. The third kappa shape index (κ3) is 6.22. The van der Waals surface area contributed by atoms with Crippen LogP contribution in [0.15, 0.2) is 42.5 Å². The minimum absolute atomic E-state index is 0.0234. The Morgan fingerprint density at radius 1 is 1.04 bits per heavy atom. The Hall–Kier alpha value is -3.22. The number of halogens is 1. The lowest BCUT2D eigenvalue weighted by Crippen LogP contribution is -2.16. The Bertz CT molecular complexity index is 848. The molecule has 0 spiro atoms. The number of carboxylic acid groups (broad SMARTS) is 1. The van der Waals surface area contributed by atoms with E-state index in [1.165, 1.54) is 12.1 Å². The van der Waals surface area contributed by atoms with Crippen LogP contribution in [0.2, 0.25) is 0 Å². The molecule has 0 aliphatic rings. The molecule has 0 radical (unpaired) electrons. The zero-order valence-corrected chi connectivity index (χ0v) is 15.1. The van der Waals surface area contributed by atoms with E-state index in [1.807, 2.05) is 13.8 Å². The molecule has 142 valence electrons. The SMILES string of the molecule is CC(C)CC(=O)Nc1ccc(C(=O)Nc2ccc(CC(=O)O)cc2)cc1F. The predicted octanol–water partition coefficient (Wildman–Crippen LogP) is 3.69. The molecule has 0 saturated heterocycles. The summed E-state index contributed by atoms with van der Waals surface area (Å²) in [6, 6.07) is 10.2. The Labute approximate surface area is 156 Å². The van der Waals surface area contributed by atoms with Crippen molar-refractivity contribution in [3.63, 3.8) is 0 Å². The van der Waals surface area contributed by atoms with Crippen molar-refractivity contribution < 1.29 is 23.9 Å². The van der Waals surface area contributed by atoms with Crippen LogP contribution in [0.4, 0.5) is 15.8 Å². The minimum atomic E-state index is -0.942. The average molecular weight is 372 g/mol. The molecule has 0 atom stereocenters. The van der Waals surface area contributed by atoms with Crippen LogP contribution in [0, 0.1) is 11.7 Å². The number of carbonyl (C=O) groups is 3. The molecule has 0 saturated carbocycles. The Balaban J connectivity index is 2.03. The summed E-state index contributed by atoms with van der Waals surface area (Å²) in [5.41, 5.74) is 1.19.